The van der Waals surface area contributed by atoms with Crippen LogP contribution in [-0.2, 0) is 16.1 Å². The van der Waals surface area contributed by atoms with Crippen molar-refractivity contribution in [3.63, 3.8) is 0 Å². The third-order valence-electron chi connectivity index (χ3n) is 5.89. The van der Waals surface area contributed by atoms with Crippen LogP contribution in [0.4, 0.5) is 4.39 Å². The maximum Gasteiger partial charge on any atom is 0.240 e. The van der Waals surface area contributed by atoms with Crippen LogP contribution in [0, 0.1) is 5.82 Å². The largest absolute Gasteiger partial charge is 0.378 e. The summed E-state index contributed by atoms with van der Waals surface area (Å²) < 4.78 is 19.1. The summed E-state index contributed by atoms with van der Waals surface area (Å²) in [6, 6.07) is 14.4. The summed E-state index contributed by atoms with van der Waals surface area (Å²) in [5.74, 6) is -0.103. The van der Waals surface area contributed by atoms with Gasteiger partial charge in [0.2, 0.25) is 5.91 Å². The molecule has 0 unspecified atom stereocenters. The van der Waals surface area contributed by atoms with E-state index in [1.165, 1.54) is 6.07 Å². The Labute approximate surface area is 184 Å². The van der Waals surface area contributed by atoms with Gasteiger partial charge in [-0.3, -0.25) is 9.69 Å². The third-order valence-corrected chi connectivity index (χ3v) is 6.98. The zero-order chi connectivity index (χ0) is 21.2. The molecule has 31 heavy (non-hydrogen) atoms. The summed E-state index contributed by atoms with van der Waals surface area (Å²) in [7, 11) is 0. The van der Waals surface area contributed by atoms with Crippen molar-refractivity contribution in [1.29, 1.82) is 0 Å². The van der Waals surface area contributed by atoms with E-state index >= 15 is 0 Å². The Morgan fingerprint density at radius 3 is 2.84 bits per heavy atom. The summed E-state index contributed by atoms with van der Waals surface area (Å²) >= 11 is 1.68. The number of carbonyl (C=O) groups is 1. The molecule has 6 nitrogen and oxygen atoms in total. The fourth-order valence-electron chi connectivity index (χ4n) is 4.39. The van der Waals surface area contributed by atoms with Crippen molar-refractivity contribution in [3.8, 4) is 0 Å². The van der Waals surface area contributed by atoms with Crippen LogP contribution in [0.2, 0.25) is 0 Å². The zero-order valence-corrected chi connectivity index (χ0v) is 18.0. The summed E-state index contributed by atoms with van der Waals surface area (Å²) in [4.78, 5) is 25.5. The fraction of sp³-hybridized carbons (Fsp3) is 0.391. The van der Waals surface area contributed by atoms with Crippen molar-refractivity contribution < 1.29 is 13.9 Å². The van der Waals surface area contributed by atoms with Crippen LogP contribution >= 0.6 is 11.8 Å². The van der Waals surface area contributed by atoms with Gasteiger partial charge in [0.15, 0.2) is 5.16 Å². The van der Waals surface area contributed by atoms with E-state index < -0.39 is 0 Å². The average molecular weight is 441 g/mol. The lowest BCUT2D eigenvalue weighted by Crippen LogP contribution is -2.49. The molecule has 2 aliphatic heterocycles. The Morgan fingerprint density at radius 2 is 2.03 bits per heavy atom. The van der Waals surface area contributed by atoms with E-state index in [1.54, 1.807) is 23.9 Å². The summed E-state index contributed by atoms with van der Waals surface area (Å²) in [5, 5.41) is 1.10. The van der Waals surface area contributed by atoms with Gasteiger partial charge in [-0.1, -0.05) is 36.0 Å². The first-order valence-corrected chi connectivity index (χ1v) is 11.5. The molecular formula is C23H25FN4O2S. The van der Waals surface area contributed by atoms with Crippen LogP contribution < -0.4 is 0 Å². The lowest BCUT2D eigenvalue weighted by atomic mass is 10.1. The van der Waals surface area contributed by atoms with Crippen molar-refractivity contribution in [2.45, 2.75) is 29.4 Å². The highest BCUT2D eigenvalue weighted by Gasteiger charge is 2.39. The fourth-order valence-corrected chi connectivity index (χ4v) is 5.57. The first-order valence-electron chi connectivity index (χ1n) is 10.6. The maximum atomic E-state index is 13.7. The number of imidazole rings is 1. The summed E-state index contributed by atoms with van der Waals surface area (Å²) in [6.07, 6.45) is 0.743. The molecule has 0 aliphatic carbocycles. The van der Waals surface area contributed by atoms with Gasteiger partial charge in [-0.2, -0.15) is 0 Å². The SMILES string of the molecule is O=C([C@@H]1C[C@@H](Sc2nc3ccccc3[nH]2)CN1Cc1cccc(F)c1)N1CCOCC1. The van der Waals surface area contributed by atoms with Crippen molar-refractivity contribution in [2.75, 3.05) is 32.8 Å². The van der Waals surface area contributed by atoms with E-state index in [4.69, 9.17) is 4.74 Å². The first-order chi connectivity index (χ1) is 15.2. The van der Waals surface area contributed by atoms with Gasteiger partial charge in [0, 0.05) is 31.4 Å². The number of hydrogen-bond donors (Lipinski definition) is 1. The molecule has 8 heteroatoms. The molecular weight excluding hydrogens is 415 g/mol. The van der Waals surface area contributed by atoms with Crippen molar-refractivity contribution in [1.82, 2.24) is 19.8 Å². The molecule has 3 aromatic rings. The Bertz CT molecular complexity index is 1040. The number of likely N-dealkylation sites (tertiary alicyclic amines) is 1. The van der Waals surface area contributed by atoms with Gasteiger partial charge in [-0.15, -0.1) is 0 Å². The second-order valence-electron chi connectivity index (χ2n) is 8.05. The Balaban J connectivity index is 1.34. The number of benzene rings is 2. The number of thioether (sulfide) groups is 1. The van der Waals surface area contributed by atoms with Gasteiger partial charge in [0.05, 0.1) is 30.3 Å². The smallest absolute Gasteiger partial charge is 0.240 e. The summed E-state index contributed by atoms with van der Waals surface area (Å²) in [6.45, 7) is 3.72. The van der Waals surface area contributed by atoms with Crippen molar-refractivity contribution >= 4 is 28.7 Å². The lowest BCUT2D eigenvalue weighted by Gasteiger charge is -2.32. The minimum Gasteiger partial charge on any atom is -0.378 e. The van der Waals surface area contributed by atoms with Crippen LogP contribution in [0.1, 0.15) is 12.0 Å². The Morgan fingerprint density at radius 1 is 1.19 bits per heavy atom. The van der Waals surface area contributed by atoms with Crippen LogP contribution in [0.3, 0.4) is 0 Å². The topological polar surface area (TPSA) is 61.5 Å². The molecule has 1 amide bonds. The number of H-pyrrole nitrogens is 1. The van der Waals surface area contributed by atoms with E-state index in [2.05, 4.69) is 14.9 Å². The number of carbonyl (C=O) groups excluding carboxylic acids is 1. The van der Waals surface area contributed by atoms with E-state index in [0.717, 1.165) is 34.7 Å². The molecule has 2 aliphatic rings. The normalized spacial score (nSPS) is 22.3. The number of ether oxygens (including phenoxy) is 1. The molecule has 0 saturated carbocycles. The highest BCUT2D eigenvalue weighted by molar-refractivity contribution is 7.99. The minimum absolute atomic E-state index is 0.146. The zero-order valence-electron chi connectivity index (χ0n) is 17.2. The molecule has 2 atom stereocenters. The number of rotatable bonds is 5. The number of morpholine rings is 1. The van der Waals surface area contributed by atoms with Gasteiger partial charge >= 0.3 is 0 Å². The highest BCUT2D eigenvalue weighted by atomic mass is 32.2. The quantitative estimate of drug-likeness (QED) is 0.660. The lowest BCUT2D eigenvalue weighted by molar-refractivity contribution is -0.140. The number of nitrogens with zero attached hydrogens (tertiary/aromatic N) is 3. The van der Waals surface area contributed by atoms with E-state index in [9.17, 15) is 9.18 Å². The highest BCUT2D eigenvalue weighted by Crippen LogP contribution is 2.34. The van der Waals surface area contributed by atoms with Crippen LogP contribution in [0.25, 0.3) is 11.0 Å². The molecule has 0 spiro atoms. The number of halogens is 1. The molecule has 1 aromatic heterocycles. The summed E-state index contributed by atoms with van der Waals surface area (Å²) in [5.41, 5.74) is 2.84. The number of nitrogens with one attached hydrogen (secondary N) is 1. The van der Waals surface area contributed by atoms with Crippen molar-refractivity contribution in [2.24, 2.45) is 0 Å². The Kier molecular flexibility index (Phi) is 5.93. The molecule has 0 radical (unpaired) electrons. The molecule has 5 rings (SSSR count). The van der Waals surface area contributed by atoms with Gasteiger partial charge in [-0.05, 0) is 36.2 Å². The molecule has 0 bridgehead atoms. The maximum absolute atomic E-state index is 13.7. The minimum atomic E-state index is -0.249. The molecule has 1 N–H and O–H groups in total. The van der Waals surface area contributed by atoms with Gasteiger partial charge in [-0.25, -0.2) is 9.37 Å². The average Bonchev–Trinajstić information content (AvgIpc) is 3.37. The van der Waals surface area contributed by atoms with Gasteiger partial charge in [0.25, 0.3) is 0 Å². The second kappa shape index (κ2) is 8.98. The van der Waals surface area contributed by atoms with Crippen LogP contribution in [0.5, 0.6) is 0 Å². The number of aromatic nitrogens is 2. The van der Waals surface area contributed by atoms with Gasteiger partial charge < -0.3 is 14.6 Å². The number of hydrogen-bond acceptors (Lipinski definition) is 5. The van der Waals surface area contributed by atoms with Crippen LogP contribution in [-0.4, -0.2) is 69.8 Å². The number of para-hydroxylation sites is 2. The predicted molar refractivity (Wildman–Crippen MR) is 118 cm³/mol. The first kappa shape index (κ1) is 20.5. The molecule has 2 aromatic carbocycles. The second-order valence-corrected chi connectivity index (χ2v) is 9.34. The number of amides is 1. The van der Waals surface area contributed by atoms with Gasteiger partial charge in [0.1, 0.15) is 5.82 Å². The van der Waals surface area contributed by atoms with Crippen molar-refractivity contribution in [3.05, 3.63) is 59.9 Å². The van der Waals surface area contributed by atoms with E-state index in [0.29, 0.717) is 32.8 Å². The van der Waals surface area contributed by atoms with Crippen LogP contribution in [0.15, 0.2) is 53.7 Å². The van der Waals surface area contributed by atoms with E-state index in [-0.39, 0.29) is 23.0 Å². The third kappa shape index (κ3) is 4.61. The van der Waals surface area contributed by atoms with E-state index in [1.807, 2.05) is 35.2 Å². The standard InChI is InChI=1S/C23H25FN4O2S/c24-17-5-3-4-16(12-17)14-28-15-18(13-21(28)22(29)27-8-10-30-11-9-27)31-23-25-19-6-1-2-7-20(19)26-23/h1-7,12,18,21H,8-11,13-15H2,(H,25,26)/t18-,21+/m1/s1. The Hall–Kier alpha value is -2.42. The molecule has 2 fully saturated rings. The number of aromatic amines is 1. The molecule has 2 saturated heterocycles. The molecule has 162 valence electrons. The number of fused-ring (bicyclic) bond motifs is 1. The monoisotopic (exact) mass is 440 g/mol. The molecule has 3 heterocycles. The predicted octanol–water partition coefficient (Wildman–Crippen LogP) is 3.30.